The summed E-state index contributed by atoms with van der Waals surface area (Å²) in [6, 6.07) is 5.44. The number of benzene rings is 2. The SMILES string of the molecule is CCCCCCCC(=O)O[C@@H]1c2cc3c(cc2[C@@H](c2cc(OC)c(OC)c(OC)c2Cl)[C@H]2C(=O)OC[C@@H]21)OCO3. The number of methoxy groups -OCH3 is 3. The van der Waals surface area contributed by atoms with Crippen LogP contribution in [0, 0.1) is 11.8 Å². The fraction of sp³-hybridized carbons (Fsp3) is 0.533. The van der Waals surface area contributed by atoms with Crippen LogP contribution in [-0.2, 0) is 19.1 Å². The van der Waals surface area contributed by atoms with Crippen LogP contribution in [0.15, 0.2) is 18.2 Å². The van der Waals surface area contributed by atoms with Crippen molar-refractivity contribution < 1.29 is 42.7 Å². The number of hydrogen-bond donors (Lipinski definition) is 0. The Morgan fingerprint density at radius 3 is 2.27 bits per heavy atom. The Morgan fingerprint density at radius 2 is 1.60 bits per heavy atom. The monoisotopic (exact) mass is 574 g/mol. The highest BCUT2D eigenvalue weighted by molar-refractivity contribution is 6.33. The van der Waals surface area contributed by atoms with Crippen molar-refractivity contribution in [3.8, 4) is 28.7 Å². The second-order valence-electron chi connectivity index (χ2n) is 10.3. The van der Waals surface area contributed by atoms with Crippen molar-refractivity contribution >= 4 is 23.5 Å². The molecule has 0 radical (unpaired) electrons. The van der Waals surface area contributed by atoms with Gasteiger partial charge in [0.1, 0.15) is 6.10 Å². The molecule has 5 rings (SSSR count). The molecule has 4 atom stereocenters. The lowest BCUT2D eigenvalue weighted by Gasteiger charge is -2.39. The van der Waals surface area contributed by atoms with E-state index in [1.54, 1.807) is 6.07 Å². The van der Waals surface area contributed by atoms with Crippen LogP contribution >= 0.6 is 11.6 Å². The molecule has 1 fully saturated rings. The zero-order chi connectivity index (χ0) is 28.4. The molecule has 1 aliphatic carbocycles. The number of carbonyl (C=O) groups is 2. The minimum absolute atomic E-state index is 0.0743. The standard InChI is InChI=1S/C30H35ClO9/c1-5-6-7-8-9-10-23(32)40-27-17-12-21-20(38-15-39-21)11-16(17)24(25-19(27)14-37-30(25)33)18-13-22(34-2)28(35-3)29(36-4)26(18)31/h11-13,19,24-25,27H,5-10,14-15H2,1-4H3/t19-,24-,25-,27+/m0/s1. The van der Waals surface area contributed by atoms with Gasteiger partial charge in [-0.05, 0) is 35.7 Å². The van der Waals surface area contributed by atoms with E-state index >= 15 is 0 Å². The number of esters is 2. The van der Waals surface area contributed by atoms with Gasteiger partial charge in [0, 0.05) is 23.8 Å². The average molecular weight is 575 g/mol. The van der Waals surface area contributed by atoms with Gasteiger partial charge in [0.2, 0.25) is 12.5 Å². The second kappa shape index (κ2) is 12.0. The van der Waals surface area contributed by atoms with Gasteiger partial charge in [0.25, 0.3) is 0 Å². The number of halogens is 1. The highest BCUT2D eigenvalue weighted by Gasteiger charge is 2.54. The zero-order valence-electron chi connectivity index (χ0n) is 23.3. The predicted molar refractivity (Wildman–Crippen MR) is 146 cm³/mol. The van der Waals surface area contributed by atoms with Crippen LogP contribution in [0.3, 0.4) is 0 Å². The fourth-order valence-corrected chi connectivity index (χ4v) is 6.41. The molecule has 2 aromatic rings. The van der Waals surface area contributed by atoms with E-state index in [1.165, 1.54) is 21.3 Å². The second-order valence-corrected chi connectivity index (χ2v) is 10.6. The summed E-state index contributed by atoms with van der Waals surface area (Å²) in [5.41, 5.74) is 2.07. The summed E-state index contributed by atoms with van der Waals surface area (Å²) >= 11 is 6.94. The first-order chi connectivity index (χ1) is 19.4. The van der Waals surface area contributed by atoms with Crippen LogP contribution in [0.2, 0.25) is 5.02 Å². The molecule has 0 saturated carbocycles. The third-order valence-electron chi connectivity index (χ3n) is 7.99. The Kier molecular flexibility index (Phi) is 8.49. The summed E-state index contributed by atoms with van der Waals surface area (Å²) in [5, 5.41) is 0.287. The third kappa shape index (κ3) is 5.00. The van der Waals surface area contributed by atoms with E-state index < -0.39 is 23.9 Å². The predicted octanol–water partition coefficient (Wildman–Crippen LogP) is 5.97. The Balaban J connectivity index is 1.60. The van der Waals surface area contributed by atoms with Crippen molar-refractivity contribution in [2.45, 2.75) is 57.5 Å². The van der Waals surface area contributed by atoms with Crippen molar-refractivity contribution in [3.05, 3.63) is 39.9 Å². The van der Waals surface area contributed by atoms with E-state index in [1.807, 2.05) is 12.1 Å². The topological polar surface area (TPSA) is 98.8 Å². The van der Waals surface area contributed by atoms with Gasteiger partial charge in [-0.2, -0.15) is 0 Å². The van der Waals surface area contributed by atoms with E-state index in [-0.39, 0.29) is 30.4 Å². The zero-order valence-corrected chi connectivity index (χ0v) is 24.0. The number of unbranched alkanes of at least 4 members (excludes halogenated alkanes) is 4. The van der Waals surface area contributed by atoms with E-state index in [2.05, 4.69) is 6.92 Å². The summed E-state index contributed by atoms with van der Waals surface area (Å²) in [4.78, 5) is 26.4. The van der Waals surface area contributed by atoms with Crippen molar-refractivity contribution in [2.75, 3.05) is 34.7 Å². The molecule has 0 spiro atoms. The van der Waals surface area contributed by atoms with Crippen molar-refractivity contribution in [2.24, 2.45) is 11.8 Å². The number of rotatable bonds is 11. The Bertz CT molecular complexity index is 1280. The first kappa shape index (κ1) is 28.2. The molecule has 0 unspecified atom stereocenters. The number of carbonyl (C=O) groups excluding carboxylic acids is 2. The molecule has 2 aromatic carbocycles. The van der Waals surface area contributed by atoms with Gasteiger partial charge in [-0.25, -0.2) is 0 Å². The first-order valence-electron chi connectivity index (χ1n) is 13.7. The van der Waals surface area contributed by atoms with E-state index in [4.69, 9.17) is 44.8 Å². The van der Waals surface area contributed by atoms with Crippen LogP contribution in [0.5, 0.6) is 28.7 Å². The average Bonchev–Trinajstić information content (AvgIpc) is 3.58. The highest BCUT2D eigenvalue weighted by Crippen LogP contribution is 2.58. The van der Waals surface area contributed by atoms with Crippen LogP contribution in [-0.4, -0.2) is 46.7 Å². The molecule has 0 bridgehead atoms. The van der Waals surface area contributed by atoms with Crippen LogP contribution in [0.25, 0.3) is 0 Å². The number of hydrogen-bond acceptors (Lipinski definition) is 9. The van der Waals surface area contributed by atoms with Gasteiger partial charge >= 0.3 is 11.9 Å². The summed E-state index contributed by atoms with van der Waals surface area (Å²) in [5.74, 6) is -0.209. The summed E-state index contributed by atoms with van der Waals surface area (Å²) < 4.78 is 39.8. The van der Waals surface area contributed by atoms with Crippen molar-refractivity contribution in [3.63, 3.8) is 0 Å². The molecule has 3 aliphatic rings. The maximum absolute atomic E-state index is 13.3. The molecule has 0 N–H and O–H groups in total. The van der Waals surface area contributed by atoms with Gasteiger partial charge in [-0.3, -0.25) is 9.59 Å². The summed E-state index contributed by atoms with van der Waals surface area (Å²) in [6.07, 6.45) is 4.71. The minimum Gasteiger partial charge on any atom is -0.493 e. The summed E-state index contributed by atoms with van der Waals surface area (Å²) in [6.45, 7) is 2.34. The number of cyclic esters (lactones) is 1. The van der Waals surface area contributed by atoms with Crippen molar-refractivity contribution in [1.82, 2.24) is 0 Å². The van der Waals surface area contributed by atoms with E-state index in [0.29, 0.717) is 40.7 Å². The molecule has 0 amide bonds. The summed E-state index contributed by atoms with van der Waals surface area (Å²) in [7, 11) is 4.51. The Labute approximate surface area is 238 Å². The molecule has 2 heterocycles. The number of fused-ring (bicyclic) bond motifs is 3. The maximum atomic E-state index is 13.3. The Hall–Kier alpha value is -3.33. The highest BCUT2D eigenvalue weighted by atomic mass is 35.5. The maximum Gasteiger partial charge on any atom is 0.310 e. The van der Waals surface area contributed by atoms with E-state index in [9.17, 15) is 9.59 Å². The quantitative estimate of drug-likeness (QED) is 0.237. The molecule has 9 nitrogen and oxygen atoms in total. The molecular formula is C30H35ClO9. The van der Waals surface area contributed by atoms with Gasteiger partial charge < -0.3 is 33.2 Å². The molecule has 10 heteroatoms. The van der Waals surface area contributed by atoms with E-state index in [0.717, 1.165) is 43.2 Å². The third-order valence-corrected chi connectivity index (χ3v) is 8.38. The lowest BCUT2D eigenvalue weighted by atomic mass is 9.66. The number of ether oxygens (including phenoxy) is 7. The minimum atomic E-state index is -0.693. The molecule has 216 valence electrons. The fourth-order valence-electron chi connectivity index (χ4n) is 6.08. The Morgan fingerprint density at radius 1 is 0.900 bits per heavy atom. The smallest absolute Gasteiger partial charge is 0.310 e. The molecule has 40 heavy (non-hydrogen) atoms. The lowest BCUT2D eigenvalue weighted by Crippen LogP contribution is -2.36. The van der Waals surface area contributed by atoms with Crippen LogP contribution in [0.4, 0.5) is 0 Å². The normalized spacial score (nSPS) is 22.3. The first-order valence-corrected chi connectivity index (χ1v) is 14.1. The molecule has 0 aromatic heterocycles. The lowest BCUT2D eigenvalue weighted by molar-refractivity contribution is -0.154. The van der Waals surface area contributed by atoms with Crippen LogP contribution < -0.4 is 23.7 Å². The van der Waals surface area contributed by atoms with Gasteiger partial charge in [0.15, 0.2) is 23.0 Å². The van der Waals surface area contributed by atoms with Gasteiger partial charge in [-0.15, -0.1) is 0 Å². The van der Waals surface area contributed by atoms with Crippen LogP contribution in [0.1, 0.15) is 74.2 Å². The van der Waals surface area contributed by atoms with Gasteiger partial charge in [-0.1, -0.05) is 44.2 Å². The molecular weight excluding hydrogens is 540 g/mol. The molecule has 2 aliphatic heterocycles. The van der Waals surface area contributed by atoms with Gasteiger partial charge in [0.05, 0.1) is 38.9 Å². The largest absolute Gasteiger partial charge is 0.493 e. The molecule has 1 saturated heterocycles. The van der Waals surface area contributed by atoms with Crippen molar-refractivity contribution in [1.29, 1.82) is 0 Å².